The molecule has 1 fully saturated rings. The first-order valence-electron chi connectivity index (χ1n) is 8.36. The van der Waals surface area contributed by atoms with Gasteiger partial charge in [0, 0.05) is 0 Å². The third kappa shape index (κ3) is 4.33. The van der Waals surface area contributed by atoms with Crippen molar-refractivity contribution in [2.75, 3.05) is 6.61 Å². The van der Waals surface area contributed by atoms with Crippen molar-refractivity contribution in [3.63, 3.8) is 0 Å². The van der Waals surface area contributed by atoms with Gasteiger partial charge in [-0.3, -0.25) is 5.10 Å². The van der Waals surface area contributed by atoms with Gasteiger partial charge in [-0.1, -0.05) is 25.3 Å². The SMILES string of the molecule is O=C(NCc1nc(-c2cccs2)n[nH]1)NC(CO)C1CCCCC1. The number of amides is 2. The first-order valence-corrected chi connectivity index (χ1v) is 9.24. The van der Waals surface area contributed by atoms with Gasteiger partial charge in [-0.25, -0.2) is 9.78 Å². The largest absolute Gasteiger partial charge is 0.394 e. The Morgan fingerprint density at radius 2 is 2.25 bits per heavy atom. The summed E-state index contributed by atoms with van der Waals surface area (Å²) >= 11 is 1.57. The lowest BCUT2D eigenvalue weighted by Gasteiger charge is -2.29. The molecule has 24 heavy (non-hydrogen) atoms. The van der Waals surface area contributed by atoms with Gasteiger partial charge in [-0.2, -0.15) is 5.10 Å². The van der Waals surface area contributed by atoms with E-state index in [1.807, 2.05) is 17.5 Å². The van der Waals surface area contributed by atoms with Gasteiger partial charge in [0.15, 0.2) is 5.82 Å². The minimum Gasteiger partial charge on any atom is -0.394 e. The highest BCUT2D eigenvalue weighted by atomic mass is 32.1. The predicted octanol–water partition coefficient (Wildman–Crippen LogP) is 2.27. The molecule has 2 aromatic heterocycles. The first-order chi connectivity index (χ1) is 11.8. The maximum Gasteiger partial charge on any atom is 0.315 e. The number of aromatic amines is 1. The molecule has 8 heteroatoms. The summed E-state index contributed by atoms with van der Waals surface area (Å²) in [4.78, 5) is 17.4. The number of H-pyrrole nitrogens is 1. The van der Waals surface area contributed by atoms with E-state index >= 15 is 0 Å². The van der Waals surface area contributed by atoms with E-state index in [2.05, 4.69) is 25.8 Å². The van der Waals surface area contributed by atoms with Gasteiger partial charge in [0.1, 0.15) is 5.82 Å². The van der Waals surface area contributed by atoms with Crippen LogP contribution in [0.1, 0.15) is 37.9 Å². The van der Waals surface area contributed by atoms with Crippen LogP contribution in [0.3, 0.4) is 0 Å². The quantitative estimate of drug-likeness (QED) is 0.642. The van der Waals surface area contributed by atoms with Crippen LogP contribution in [0.25, 0.3) is 10.7 Å². The number of hydrogen-bond acceptors (Lipinski definition) is 5. The van der Waals surface area contributed by atoms with Crippen LogP contribution in [0.2, 0.25) is 0 Å². The van der Waals surface area contributed by atoms with Crippen LogP contribution >= 0.6 is 11.3 Å². The Kier molecular flexibility index (Phi) is 5.81. The van der Waals surface area contributed by atoms with Crippen LogP contribution in [-0.2, 0) is 6.54 Å². The lowest BCUT2D eigenvalue weighted by atomic mass is 9.84. The maximum atomic E-state index is 12.1. The van der Waals surface area contributed by atoms with Crippen LogP contribution in [0, 0.1) is 5.92 Å². The molecule has 0 aromatic carbocycles. The van der Waals surface area contributed by atoms with E-state index in [9.17, 15) is 9.90 Å². The number of nitrogens with one attached hydrogen (secondary N) is 3. The van der Waals surface area contributed by atoms with E-state index in [1.165, 1.54) is 19.3 Å². The number of hydrogen-bond donors (Lipinski definition) is 4. The second-order valence-corrected chi connectivity index (χ2v) is 7.04. The lowest BCUT2D eigenvalue weighted by molar-refractivity contribution is 0.169. The second-order valence-electron chi connectivity index (χ2n) is 6.10. The van der Waals surface area contributed by atoms with Gasteiger partial charge in [0.25, 0.3) is 0 Å². The van der Waals surface area contributed by atoms with Crippen molar-refractivity contribution in [1.29, 1.82) is 0 Å². The molecule has 130 valence electrons. The maximum absolute atomic E-state index is 12.1. The Bertz CT molecular complexity index is 637. The predicted molar refractivity (Wildman–Crippen MR) is 92.5 cm³/mol. The van der Waals surface area contributed by atoms with Gasteiger partial charge in [0.05, 0.1) is 24.1 Å². The van der Waals surface area contributed by atoms with Crippen molar-refractivity contribution in [2.24, 2.45) is 5.92 Å². The number of carbonyl (C=O) groups excluding carboxylic acids is 1. The van der Waals surface area contributed by atoms with Gasteiger partial charge in [0.2, 0.25) is 0 Å². The highest BCUT2D eigenvalue weighted by molar-refractivity contribution is 7.13. The van der Waals surface area contributed by atoms with E-state index in [0.717, 1.165) is 17.7 Å². The van der Waals surface area contributed by atoms with Crippen LogP contribution in [0.4, 0.5) is 4.79 Å². The molecule has 1 saturated carbocycles. The molecule has 0 bridgehead atoms. The highest BCUT2D eigenvalue weighted by Crippen LogP contribution is 2.26. The van der Waals surface area contributed by atoms with Gasteiger partial charge < -0.3 is 15.7 Å². The van der Waals surface area contributed by atoms with Crippen molar-refractivity contribution >= 4 is 17.4 Å². The normalized spacial score (nSPS) is 16.7. The molecule has 0 radical (unpaired) electrons. The molecule has 2 aromatic rings. The molecule has 1 atom stereocenters. The number of aliphatic hydroxyl groups is 1. The number of aliphatic hydroxyl groups excluding tert-OH is 1. The van der Waals surface area contributed by atoms with Crippen LogP contribution in [0.15, 0.2) is 17.5 Å². The molecule has 1 aliphatic carbocycles. The second kappa shape index (κ2) is 8.25. The summed E-state index contributed by atoms with van der Waals surface area (Å²) in [5.41, 5.74) is 0. The minimum absolute atomic E-state index is 0.0249. The number of aromatic nitrogens is 3. The van der Waals surface area contributed by atoms with Crippen molar-refractivity contribution in [3.8, 4) is 10.7 Å². The third-order valence-electron chi connectivity index (χ3n) is 4.42. The Balaban J connectivity index is 1.48. The average molecular weight is 349 g/mol. The summed E-state index contributed by atoms with van der Waals surface area (Å²) in [7, 11) is 0. The zero-order valence-corrected chi connectivity index (χ0v) is 14.3. The number of thiophene rings is 1. The zero-order valence-electron chi connectivity index (χ0n) is 13.5. The van der Waals surface area contributed by atoms with Gasteiger partial charge >= 0.3 is 6.03 Å². The topological polar surface area (TPSA) is 103 Å². The molecular formula is C16H23N5O2S. The molecule has 2 amide bonds. The summed E-state index contributed by atoms with van der Waals surface area (Å²) in [5.74, 6) is 1.61. The molecular weight excluding hydrogens is 326 g/mol. The summed E-state index contributed by atoms with van der Waals surface area (Å²) in [6.45, 7) is 0.246. The number of nitrogens with zero attached hydrogens (tertiary/aromatic N) is 2. The Morgan fingerprint density at radius 3 is 2.96 bits per heavy atom. The first kappa shape index (κ1) is 16.9. The summed E-state index contributed by atoms with van der Waals surface area (Å²) in [6.07, 6.45) is 5.73. The fraction of sp³-hybridized carbons (Fsp3) is 0.562. The molecule has 0 saturated heterocycles. The zero-order chi connectivity index (χ0) is 16.8. The third-order valence-corrected chi connectivity index (χ3v) is 5.29. The fourth-order valence-corrected chi connectivity index (χ4v) is 3.78. The van der Waals surface area contributed by atoms with Crippen LogP contribution in [0.5, 0.6) is 0 Å². The average Bonchev–Trinajstić information content (AvgIpc) is 3.29. The summed E-state index contributed by atoms with van der Waals surface area (Å²) in [5, 5.41) is 24.2. The van der Waals surface area contributed by atoms with E-state index < -0.39 is 0 Å². The number of urea groups is 1. The van der Waals surface area contributed by atoms with Gasteiger partial charge in [-0.15, -0.1) is 11.3 Å². The molecule has 0 spiro atoms. The highest BCUT2D eigenvalue weighted by Gasteiger charge is 2.24. The number of rotatable bonds is 6. The molecule has 0 aliphatic heterocycles. The monoisotopic (exact) mass is 349 g/mol. The molecule has 7 nitrogen and oxygen atoms in total. The van der Waals surface area contributed by atoms with E-state index in [0.29, 0.717) is 17.6 Å². The van der Waals surface area contributed by atoms with Gasteiger partial charge in [-0.05, 0) is 30.2 Å². The van der Waals surface area contributed by atoms with Crippen LogP contribution < -0.4 is 10.6 Å². The molecule has 1 unspecified atom stereocenters. The Morgan fingerprint density at radius 1 is 1.42 bits per heavy atom. The van der Waals surface area contributed by atoms with Crippen LogP contribution in [-0.4, -0.2) is 39.0 Å². The minimum atomic E-state index is -0.284. The van der Waals surface area contributed by atoms with Crippen molar-refractivity contribution < 1.29 is 9.90 Å². The molecule has 3 rings (SSSR count). The van der Waals surface area contributed by atoms with Crippen molar-refractivity contribution in [2.45, 2.75) is 44.7 Å². The number of carbonyl (C=O) groups is 1. The molecule has 4 N–H and O–H groups in total. The standard InChI is InChI=1S/C16H23N5O2S/c22-10-12(11-5-2-1-3-6-11)18-16(23)17-9-14-19-15(21-20-14)13-7-4-8-24-13/h4,7-8,11-12,22H,1-3,5-6,9-10H2,(H2,17,18,23)(H,19,20,21). The Hall–Kier alpha value is -1.93. The Labute approximate surface area is 144 Å². The molecule has 1 aliphatic rings. The summed E-state index contributed by atoms with van der Waals surface area (Å²) < 4.78 is 0. The smallest absolute Gasteiger partial charge is 0.315 e. The lowest BCUT2D eigenvalue weighted by Crippen LogP contribution is -2.47. The van der Waals surface area contributed by atoms with Crippen molar-refractivity contribution in [3.05, 3.63) is 23.3 Å². The van der Waals surface area contributed by atoms with E-state index in [-0.39, 0.29) is 25.2 Å². The fourth-order valence-electron chi connectivity index (χ4n) is 3.12. The van der Waals surface area contributed by atoms with E-state index in [4.69, 9.17) is 0 Å². The van der Waals surface area contributed by atoms with Crippen molar-refractivity contribution in [1.82, 2.24) is 25.8 Å². The summed E-state index contributed by atoms with van der Waals surface area (Å²) in [6, 6.07) is 3.44. The van der Waals surface area contributed by atoms with E-state index in [1.54, 1.807) is 11.3 Å². The molecule has 2 heterocycles.